The van der Waals surface area contributed by atoms with Crippen molar-refractivity contribution < 1.29 is 4.42 Å². The standard InChI is InChI=1S/C63H42O/c1-3-4-22-46-40(2)59(44-35-33-42(34-36-44)48-30-16-21-41-18-8-9-23-47(41)48)49-24-10-15-29-54(49)62(46)55-31-17-32-58-63(55)56-39-45(37-38-57(56)64-58)61-52-27-13-11-25-50(52)60(43-19-6-5-7-20-43)51-26-12-14-28-53(51)61/h3-39H,1H2,2H3/b22-4-. The van der Waals surface area contributed by atoms with Gasteiger partial charge in [0.1, 0.15) is 11.2 Å². The summed E-state index contributed by atoms with van der Waals surface area (Å²) in [5, 5.41) is 12.1. The lowest BCUT2D eigenvalue weighted by Gasteiger charge is -2.21. The van der Waals surface area contributed by atoms with Crippen molar-refractivity contribution in [2.45, 2.75) is 6.92 Å². The lowest BCUT2D eigenvalue weighted by Crippen LogP contribution is -1.96. The lowest BCUT2D eigenvalue weighted by molar-refractivity contribution is 0.669. The zero-order chi connectivity index (χ0) is 42.7. The molecule has 300 valence electrons. The van der Waals surface area contributed by atoms with Crippen LogP contribution in [-0.2, 0) is 0 Å². The largest absolute Gasteiger partial charge is 0.456 e. The predicted molar refractivity (Wildman–Crippen MR) is 275 cm³/mol. The molecule has 0 saturated carbocycles. The zero-order valence-electron chi connectivity index (χ0n) is 35.5. The molecule has 0 N–H and O–H groups in total. The molecule has 11 aromatic carbocycles. The summed E-state index contributed by atoms with van der Waals surface area (Å²) < 4.78 is 6.75. The molecule has 0 bridgehead atoms. The Labute approximate surface area is 372 Å². The van der Waals surface area contributed by atoms with E-state index in [1.54, 1.807) is 0 Å². The molecule has 0 aliphatic rings. The minimum absolute atomic E-state index is 0.868. The van der Waals surface area contributed by atoms with Crippen LogP contribution in [0.25, 0.3) is 127 Å². The average Bonchev–Trinajstić information content (AvgIpc) is 3.73. The van der Waals surface area contributed by atoms with Crippen molar-refractivity contribution in [2.75, 3.05) is 0 Å². The molecule has 1 nitrogen and oxygen atoms in total. The summed E-state index contributed by atoms with van der Waals surface area (Å²) in [6.45, 7) is 6.37. The van der Waals surface area contributed by atoms with Gasteiger partial charge < -0.3 is 4.42 Å². The van der Waals surface area contributed by atoms with Crippen molar-refractivity contribution in [1.82, 2.24) is 0 Å². The van der Waals surface area contributed by atoms with Gasteiger partial charge in [-0.2, -0.15) is 0 Å². The van der Waals surface area contributed by atoms with Crippen molar-refractivity contribution in [3.05, 3.63) is 236 Å². The Morgan fingerprint density at radius 2 is 0.875 bits per heavy atom. The van der Waals surface area contributed by atoms with Gasteiger partial charge in [0.25, 0.3) is 0 Å². The molecule has 0 saturated heterocycles. The van der Waals surface area contributed by atoms with Crippen molar-refractivity contribution in [3.8, 4) is 55.6 Å². The fourth-order valence-corrected chi connectivity index (χ4v) is 10.5. The molecule has 1 heterocycles. The molecule has 0 amide bonds. The number of benzene rings is 11. The van der Waals surface area contributed by atoms with E-state index < -0.39 is 0 Å². The Bertz CT molecular complexity index is 3780. The summed E-state index contributed by atoms with van der Waals surface area (Å²) in [6.07, 6.45) is 6.17. The molecule has 1 aromatic heterocycles. The van der Waals surface area contributed by atoms with Crippen LogP contribution in [0.15, 0.2) is 229 Å². The van der Waals surface area contributed by atoms with Crippen LogP contribution in [0, 0.1) is 6.92 Å². The average molecular weight is 815 g/mol. The van der Waals surface area contributed by atoms with Gasteiger partial charge in [-0.25, -0.2) is 0 Å². The number of furan rings is 1. The van der Waals surface area contributed by atoms with Gasteiger partial charge in [-0.3, -0.25) is 0 Å². The van der Waals surface area contributed by atoms with Crippen LogP contribution in [0.5, 0.6) is 0 Å². The minimum Gasteiger partial charge on any atom is -0.456 e. The molecule has 0 radical (unpaired) electrons. The van der Waals surface area contributed by atoms with E-state index >= 15 is 0 Å². The van der Waals surface area contributed by atoms with Crippen molar-refractivity contribution in [1.29, 1.82) is 0 Å². The Kier molecular flexibility index (Phi) is 8.95. The molecular weight excluding hydrogens is 773 g/mol. The molecular formula is C63H42O. The maximum atomic E-state index is 6.75. The first-order valence-electron chi connectivity index (χ1n) is 22.0. The molecule has 0 atom stereocenters. The summed E-state index contributed by atoms with van der Waals surface area (Å²) in [7, 11) is 0. The van der Waals surface area contributed by atoms with E-state index in [0.717, 1.165) is 33.1 Å². The van der Waals surface area contributed by atoms with Gasteiger partial charge in [0.2, 0.25) is 0 Å². The molecule has 0 unspecified atom stereocenters. The fraction of sp³-hybridized carbons (Fsp3) is 0.0159. The zero-order valence-corrected chi connectivity index (χ0v) is 35.5. The number of hydrogen-bond acceptors (Lipinski definition) is 1. The van der Waals surface area contributed by atoms with Gasteiger partial charge in [-0.1, -0.05) is 213 Å². The Morgan fingerprint density at radius 3 is 1.55 bits per heavy atom. The van der Waals surface area contributed by atoms with Crippen LogP contribution in [-0.4, -0.2) is 0 Å². The SMILES string of the molecule is C=C/C=C\c1c(C)c(-c2ccc(-c3cccc4ccccc34)cc2)c2ccccc2c1-c1cccc2oc3ccc(-c4c5ccccc5c(-c5ccccc5)c5ccccc45)cc3c12. The third kappa shape index (κ3) is 5.93. The molecule has 12 aromatic rings. The molecule has 1 heteroatoms. The predicted octanol–water partition coefficient (Wildman–Crippen LogP) is 18.0. The van der Waals surface area contributed by atoms with E-state index in [9.17, 15) is 0 Å². The van der Waals surface area contributed by atoms with Crippen LogP contribution in [0.4, 0.5) is 0 Å². The summed E-state index contributed by atoms with van der Waals surface area (Å²) in [4.78, 5) is 0. The third-order valence-electron chi connectivity index (χ3n) is 13.2. The van der Waals surface area contributed by atoms with E-state index in [2.05, 4.69) is 232 Å². The summed E-state index contributed by atoms with van der Waals surface area (Å²) >= 11 is 0. The topological polar surface area (TPSA) is 13.1 Å². The molecule has 0 aliphatic carbocycles. The van der Waals surface area contributed by atoms with Crippen molar-refractivity contribution in [3.63, 3.8) is 0 Å². The maximum absolute atomic E-state index is 6.75. The monoisotopic (exact) mass is 814 g/mol. The quantitative estimate of drug-likeness (QED) is 0.115. The highest BCUT2D eigenvalue weighted by Gasteiger charge is 2.23. The summed E-state index contributed by atoms with van der Waals surface area (Å²) in [5.41, 5.74) is 16.2. The van der Waals surface area contributed by atoms with Crippen LogP contribution >= 0.6 is 0 Å². The minimum atomic E-state index is 0.868. The highest BCUT2D eigenvalue weighted by atomic mass is 16.3. The van der Waals surface area contributed by atoms with E-state index in [1.807, 2.05) is 6.08 Å². The molecule has 64 heavy (non-hydrogen) atoms. The summed E-state index contributed by atoms with van der Waals surface area (Å²) in [5.74, 6) is 0. The maximum Gasteiger partial charge on any atom is 0.136 e. The van der Waals surface area contributed by atoms with Crippen LogP contribution in [0.2, 0.25) is 0 Å². The highest BCUT2D eigenvalue weighted by molar-refractivity contribution is 6.23. The number of rotatable bonds is 7. The van der Waals surface area contributed by atoms with E-state index in [0.29, 0.717) is 0 Å². The van der Waals surface area contributed by atoms with Gasteiger partial charge >= 0.3 is 0 Å². The molecule has 12 rings (SSSR count). The lowest BCUT2D eigenvalue weighted by atomic mass is 9.82. The van der Waals surface area contributed by atoms with Crippen molar-refractivity contribution in [2.24, 2.45) is 0 Å². The molecule has 0 aliphatic heterocycles. The van der Waals surface area contributed by atoms with Gasteiger partial charge in [0.05, 0.1) is 0 Å². The van der Waals surface area contributed by atoms with Gasteiger partial charge in [-0.05, 0) is 135 Å². The summed E-state index contributed by atoms with van der Waals surface area (Å²) in [6, 6.07) is 75.0. The highest BCUT2D eigenvalue weighted by Crippen LogP contribution is 2.49. The normalized spacial score (nSPS) is 11.8. The van der Waals surface area contributed by atoms with Gasteiger partial charge in [0.15, 0.2) is 0 Å². The first-order valence-corrected chi connectivity index (χ1v) is 22.0. The number of hydrogen-bond donors (Lipinski definition) is 0. The molecule has 0 spiro atoms. The number of fused-ring (bicyclic) bond motifs is 7. The van der Waals surface area contributed by atoms with E-state index in [4.69, 9.17) is 4.42 Å². The van der Waals surface area contributed by atoms with Crippen LogP contribution in [0.3, 0.4) is 0 Å². The van der Waals surface area contributed by atoms with Gasteiger partial charge in [0, 0.05) is 10.8 Å². The van der Waals surface area contributed by atoms with Crippen molar-refractivity contribution >= 4 is 71.1 Å². The van der Waals surface area contributed by atoms with Gasteiger partial charge in [-0.15, -0.1) is 0 Å². The van der Waals surface area contributed by atoms with E-state index in [-0.39, 0.29) is 0 Å². The Balaban J connectivity index is 1.08. The Morgan fingerprint density at radius 1 is 0.375 bits per heavy atom. The number of allylic oxidation sites excluding steroid dienone is 2. The molecule has 0 fully saturated rings. The smallest absolute Gasteiger partial charge is 0.136 e. The van der Waals surface area contributed by atoms with Crippen LogP contribution < -0.4 is 0 Å². The first-order chi connectivity index (χ1) is 31.7. The second-order valence-corrected chi connectivity index (χ2v) is 16.7. The first kappa shape index (κ1) is 37.5. The second-order valence-electron chi connectivity index (χ2n) is 16.7. The third-order valence-corrected chi connectivity index (χ3v) is 13.2. The van der Waals surface area contributed by atoms with Crippen LogP contribution in [0.1, 0.15) is 11.1 Å². The Hall–Kier alpha value is -8.26. The van der Waals surface area contributed by atoms with E-state index in [1.165, 1.54) is 98.7 Å². The fourth-order valence-electron chi connectivity index (χ4n) is 10.5. The second kappa shape index (κ2) is 15.3.